The number of benzene rings is 3. The van der Waals surface area contributed by atoms with Crippen LogP contribution in [-0.2, 0) is 26.2 Å². The van der Waals surface area contributed by atoms with E-state index in [0.29, 0.717) is 17.7 Å². The zero-order valence-electron chi connectivity index (χ0n) is 23.6. The van der Waals surface area contributed by atoms with Crippen molar-refractivity contribution in [3.63, 3.8) is 0 Å². The van der Waals surface area contributed by atoms with Crippen LogP contribution in [0.25, 0.3) is 10.8 Å². The zero-order chi connectivity index (χ0) is 30.6. The first kappa shape index (κ1) is 30.7. The van der Waals surface area contributed by atoms with Gasteiger partial charge >= 0.3 is 5.97 Å². The van der Waals surface area contributed by atoms with Gasteiger partial charge in [-0.25, -0.2) is 8.42 Å². The lowest BCUT2D eigenvalue weighted by Gasteiger charge is -2.25. The topological polar surface area (TPSA) is 162 Å². The fourth-order valence-electron chi connectivity index (χ4n) is 4.95. The van der Waals surface area contributed by atoms with Crippen LogP contribution >= 0.6 is 0 Å². The molecule has 0 bridgehead atoms. The van der Waals surface area contributed by atoms with Gasteiger partial charge in [-0.1, -0.05) is 50.2 Å². The van der Waals surface area contributed by atoms with Crippen molar-refractivity contribution in [3.05, 3.63) is 77.4 Å². The molecule has 12 heteroatoms. The minimum absolute atomic E-state index is 0.0513. The van der Waals surface area contributed by atoms with Gasteiger partial charge in [-0.05, 0) is 59.4 Å². The minimum Gasteiger partial charge on any atom is -0.480 e. The smallest absolute Gasteiger partial charge is 0.320 e. The summed E-state index contributed by atoms with van der Waals surface area (Å²) in [6, 6.07) is 15.2. The molecule has 4 rings (SSSR count). The van der Waals surface area contributed by atoms with E-state index in [0.717, 1.165) is 21.9 Å². The molecule has 11 nitrogen and oxygen atoms in total. The first-order valence-electron chi connectivity index (χ1n) is 13.5. The molecule has 0 aliphatic carbocycles. The van der Waals surface area contributed by atoms with E-state index >= 15 is 0 Å². The zero-order valence-corrected chi connectivity index (χ0v) is 24.4. The highest BCUT2D eigenvalue weighted by Gasteiger charge is 2.37. The highest BCUT2D eigenvalue weighted by Crippen LogP contribution is 2.28. The normalized spacial score (nSPS) is 14.6. The first-order valence-corrected chi connectivity index (χ1v) is 15.4. The molecule has 1 aliphatic heterocycles. The van der Waals surface area contributed by atoms with Gasteiger partial charge in [0, 0.05) is 18.8 Å². The molecule has 0 saturated heterocycles. The number of nitrogens with zero attached hydrogens (tertiary/aromatic N) is 1. The van der Waals surface area contributed by atoms with Crippen LogP contribution in [0.15, 0.2) is 60.7 Å². The minimum atomic E-state index is -3.47. The summed E-state index contributed by atoms with van der Waals surface area (Å²) in [7, 11) is -3.47. The van der Waals surface area contributed by atoms with Crippen molar-refractivity contribution in [1.29, 1.82) is 0 Å². The van der Waals surface area contributed by atoms with Gasteiger partial charge in [0.1, 0.15) is 6.04 Å². The molecule has 3 aromatic carbocycles. The Morgan fingerprint density at radius 3 is 2.07 bits per heavy atom. The third-order valence-electron chi connectivity index (χ3n) is 6.90. The maximum absolute atomic E-state index is 13.2. The third-order valence-corrected chi connectivity index (χ3v) is 7.51. The summed E-state index contributed by atoms with van der Waals surface area (Å²) in [6.07, 6.45) is 1.28. The van der Waals surface area contributed by atoms with Gasteiger partial charge in [0.2, 0.25) is 15.9 Å². The number of anilines is 1. The summed E-state index contributed by atoms with van der Waals surface area (Å²) in [5, 5.41) is 17.3. The number of imide groups is 1. The van der Waals surface area contributed by atoms with E-state index < -0.39 is 45.8 Å². The summed E-state index contributed by atoms with van der Waals surface area (Å²) in [5.74, 6) is -2.54. The molecule has 2 atom stereocenters. The molecule has 1 unspecified atom stereocenters. The SMILES string of the molecule is CC(C)C[C@@H](NC(CCN1C(=O)c2cc3ccccc3cc2C1=O)C(=O)O)C(=O)NCc1cccc(NS(C)(=O)=O)c1. The number of rotatable bonds is 13. The van der Waals surface area contributed by atoms with E-state index in [9.17, 15) is 32.7 Å². The Morgan fingerprint density at radius 1 is 0.905 bits per heavy atom. The van der Waals surface area contributed by atoms with Crippen molar-refractivity contribution in [3.8, 4) is 0 Å². The molecular weight excluding hydrogens is 560 g/mol. The monoisotopic (exact) mass is 594 g/mol. The van der Waals surface area contributed by atoms with Crippen molar-refractivity contribution in [2.45, 2.75) is 45.3 Å². The molecule has 0 saturated carbocycles. The second-order valence-electron chi connectivity index (χ2n) is 10.8. The summed E-state index contributed by atoms with van der Waals surface area (Å²) < 4.78 is 25.4. The molecule has 0 spiro atoms. The summed E-state index contributed by atoms with van der Waals surface area (Å²) in [4.78, 5) is 52.5. The average molecular weight is 595 g/mol. The van der Waals surface area contributed by atoms with Crippen LogP contribution in [0.2, 0.25) is 0 Å². The van der Waals surface area contributed by atoms with Crippen molar-refractivity contribution in [1.82, 2.24) is 15.5 Å². The number of aliphatic carboxylic acids is 1. The van der Waals surface area contributed by atoms with Crippen molar-refractivity contribution >= 4 is 50.2 Å². The second kappa shape index (κ2) is 12.7. The Labute approximate surface area is 244 Å². The summed E-state index contributed by atoms with van der Waals surface area (Å²) in [5.41, 5.74) is 1.57. The van der Waals surface area contributed by atoms with E-state index in [2.05, 4.69) is 15.4 Å². The van der Waals surface area contributed by atoms with E-state index in [-0.39, 0.29) is 36.6 Å². The maximum atomic E-state index is 13.2. The number of hydrogen-bond donors (Lipinski definition) is 4. The Hall–Kier alpha value is -4.29. The number of nitrogens with one attached hydrogen (secondary N) is 3. The lowest BCUT2D eigenvalue weighted by Crippen LogP contribution is -2.52. The lowest BCUT2D eigenvalue weighted by molar-refractivity contribution is -0.140. The fourth-order valence-corrected chi connectivity index (χ4v) is 5.51. The molecule has 1 aliphatic rings. The van der Waals surface area contributed by atoms with Crippen LogP contribution in [-0.4, -0.2) is 67.0 Å². The number of carbonyl (C=O) groups excluding carboxylic acids is 3. The highest BCUT2D eigenvalue weighted by atomic mass is 32.2. The fraction of sp³-hybridized carbons (Fsp3) is 0.333. The largest absolute Gasteiger partial charge is 0.480 e. The van der Waals surface area contributed by atoms with Crippen LogP contribution in [0, 0.1) is 5.92 Å². The number of hydrogen-bond acceptors (Lipinski definition) is 7. The van der Waals surface area contributed by atoms with E-state index in [1.807, 2.05) is 38.1 Å². The first-order chi connectivity index (χ1) is 19.8. The van der Waals surface area contributed by atoms with Gasteiger partial charge in [0.25, 0.3) is 11.8 Å². The standard InChI is InChI=1S/C30H34N4O7S/c1-18(2)13-26(27(35)31-17-19-7-6-10-22(14-19)33-42(3,40)41)32-25(30(38)39)11-12-34-28(36)23-15-20-8-4-5-9-21(20)16-24(23)29(34)37/h4-10,14-16,18,25-26,32-33H,11-13,17H2,1-3H3,(H,31,35)(H,38,39)/t25?,26-/m1/s1. The van der Waals surface area contributed by atoms with E-state index in [1.165, 1.54) is 0 Å². The number of sulfonamides is 1. The van der Waals surface area contributed by atoms with Crippen LogP contribution in [0.5, 0.6) is 0 Å². The number of carboxylic acids is 1. The van der Waals surface area contributed by atoms with Gasteiger partial charge in [0.05, 0.1) is 23.4 Å². The molecule has 222 valence electrons. The predicted molar refractivity (Wildman–Crippen MR) is 158 cm³/mol. The highest BCUT2D eigenvalue weighted by molar-refractivity contribution is 7.92. The van der Waals surface area contributed by atoms with Crippen molar-refractivity contribution < 1.29 is 32.7 Å². The molecule has 0 fully saturated rings. The molecule has 3 amide bonds. The third kappa shape index (κ3) is 7.51. The number of amides is 3. The second-order valence-corrected chi connectivity index (χ2v) is 12.6. The van der Waals surface area contributed by atoms with Crippen LogP contribution < -0.4 is 15.4 Å². The van der Waals surface area contributed by atoms with Crippen LogP contribution in [0.1, 0.15) is 53.0 Å². The molecule has 42 heavy (non-hydrogen) atoms. The number of carboxylic acid groups (broad SMARTS) is 1. The van der Waals surface area contributed by atoms with Crippen molar-refractivity contribution in [2.75, 3.05) is 17.5 Å². The molecular formula is C30H34N4O7S. The van der Waals surface area contributed by atoms with E-state index in [4.69, 9.17) is 0 Å². The Morgan fingerprint density at radius 2 is 1.52 bits per heavy atom. The summed E-state index contributed by atoms with van der Waals surface area (Å²) >= 11 is 0. The Bertz CT molecular complexity index is 1580. The quantitative estimate of drug-likeness (QED) is 0.220. The predicted octanol–water partition coefficient (Wildman–Crippen LogP) is 2.97. The molecule has 0 aromatic heterocycles. The average Bonchev–Trinajstić information content (AvgIpc) is 3.14. The maximum Gasteiger partial charge on any atom is 0.320 e. The number of fused-ring (bicyclic) bond motifs is 2. The van der Waals surface area contributed by atoms with Crippen LogP contribution in [0.3, 0.4) is 0 Å². The van der Waals surface area contributed by atoms with Gasteiger partial charge in [-0.15, -0.1) is 0 Å². The molecule has 0 radical (unpaired) electrons. The lowest BCUT2D eigenvalue weighted by atomic mass is 10.0. The van der Waals surface area contributed by atoms with Gasteiger partial charge in [0.15, 0.2) is 0 Å². The Kier molecular flexibility index (Phi) is 9.27. The molecule has 4 N–H and O–H groups in total. The van der Waals surface area contributed by atoms with Gasteiger partial charge < -0.3 is 10.4 Å². The Balaban J connectivity index is 1.42. The number of carbonyl (C=O) groups is 4. The molecule has 1 heterocycles. The van der Waals surface area contributed by atoms with E-state index in [1.54, 1.807) is 36.4 Å². The molecule has 3 aromatic rings. The van der Waals surface area contributed by atoms with Crippen molar-refractivity contribution in [2.24, 2.45) is 5.92 Å². The van der Waals surface area contributed by atoms with Gasteiger partial charge in [-0.3, -0.25) is 34.1 Å². The van der Waals surface area contributed by atoms with Crippen LogP contribution in [0.4, 0.5) is 5.69 Å². The van der Waals surface area contributed by atoms with Gasteiger partial charge in [-0.2, -0.15) is 0 Å². The summed E-state index contributed by atoms with van der Waals surface area (Å²) in [6.45, 7) is 3.76.